The van der Waals surface area contributed by atoms with Crippen molar-refractivity contribution in [1.82, 2.24) is 9.78 Å². The van der Waals surface area contributed by atoms with Crippen molar-refractivity contribution in [1.29, 1.82) is 0 Å². The zero-order chi connectivity index (χ0) is 15.2. The van der Waals surface area contributed by atoms with Crippen LogP contribution in [0.25, 0.3) is 0 Å². The number of ether oxygens (including phenoxy) is 1. The van der Waals surface area contributed by atoms with E-state index in [1.54, 1.807) is 10.7 Å². The van der Waals surface area contributed by atoms with Gasteiger partial charge in [-0.3, -0.25) is 9.89 Å². The number of nitrogens with zero attached hydrogens (tertiary/aromatic N) is 1. The predicted octanol–water partition coefficient (Wildman–Crippen LogP) is 2.85. The topological polar surface area (TPSA) is 47.0 Å². The summed E-state index contributed by atoms with van der Waals surface area (Å²) < 4.78 is 7.20. The third-order valence-corrected chi connectivity index (χ3v) is 3.41. The van der Waals surface area contributed by atoms with Crippen LogP contribution in [-0.2, 0) is 13.0 Å². The maximum Gasteiger partial charge on any atom is 0.266 e. The molecule has 4 nitrogen and oxygen atoms in total. The molecule has 0 unspecified atom stereocenters. The van der Waals surface area contributed by atoms with Crippen molar-refractivity contribution in [3.8, 4) is 5.75 Å². The molecule has 1 aromatic heterocycles. The van der Waals surface area contributed by atoms with Gasteiger partial charge in [0.1, 0.15) is 12.4 Å². The Hall–Kier alpha value is -2.75. The molecule has 2 aromatic carbocycles. The summed E-state index contributed by atoms with van der Waals surface area (Å²) in [6.45, 7) is 0.956. The van der Waals surface area contributed by atoms with Gasteiger partial charge in [-0.25, -0.2) is 4.68 Å². The van der Waals surface area contributed by atoms with E-state index in [2.05, 4.69) is 5.10 Å². The van der Waals surface area contributed by atoms with Crippen LogP contribution < -0.4 is 10.3 Å². The normalized spacial score (nSPS) is 10.5. The Morgan fingerprint density at radius 2 is 1.64 bits per heavy atom. The van der Waals surface area contributed by atoms with E-state index >= 15 is 0 Å². The fraction of sp³-hybridized carbons (Fsp3) is 0.167. The lowest BCUT2D eigenvalue weighted by Gasteiger charge is -2.06. The van der Waals surface area contributed by atoms with Crippen molar-refractivity contribution < 1.29 is 4.74 Å². The number of aromatic amines is 1. The highest BCUT2D eigenvalue weighted by atomic mass is 16.5. The Kier molecular flexibility index (Phi) is 4.39. The van der Waals surface area contributed by atoms with Crippen molar-refractivity contribution >= 4 is 0 Å². The predicted molar refractivity (Wildman–Crippen MR) is 86.2 cm³/mol. The smallest absolute Gasteiger partial charge is 0.266 e. The molecule has 3 rings (SSSR count). The quantitative estimate of drug-likeness (QED) is 0.760. The van der Waals surface area contributed by atoms with Gasteiger partial charge in [-0.1, -0.05) is 48.5 Å². The lowest BCUT2D eigenvalue weighted by molar-refractivity contribution is 0.289. The van der Waals surface area contributed by atoms with Crippen LogP contribution in [0.4, 0.5) is 0 Å². The summed E-state index contributed by atoms with van der Waals surface area (Å²) in [6.07, 6.45) is 0.725. The lowest BCUT2D eigenvalue weighted by Crippen LogP contribution is -2.20. The largest absolute Gasteiger partial charge is 0.492 e. The zero-order valence-corrected chi connectivity index (χ0v) is 12.2. The number of benzene rings is 2. The zero-order valence-electron chi connectivity index (χ0n) is 12.2. The van der Waals surface area contributed by atoms with E-state index in [4.69, 9.17) is 4.74 Å². The standard InChI is InChI=1S/C18H18N2O2/c21-18-14-16(13-15-7-3-1-4-8-15)19-20(18)11-12-22-17-9-5-2-6-10-17/h1-10,14,19H,11-13H2. The molecule has 112 valence electrons. The molecule has 0 radical (unpaired) electrons. The average molecular weight is 294 g/mol. The molecule has 0 atom stereocenters. The number of hydrogen-bond donors (Lipinski definition) is 1. The first kappa shape index (κ1) is 14.2. The van der Waals surface area contributed by atoms with Gasteiger partial charge < -0.3 is 4.74 Å². The summed E-state index contributed by atoms with van der Waals surface area (Å²) in [6, 6.07) is 21.3. The number of H-pyrrole nitrogens is 1. The highest BCUT2D eigenvalue weighted by molar-refractivity contribution is 5.21. The van der Waals surface area contributed by atoms with Crippen molar-refractivity contribution in [3.63, 3.8) is 0 Å². The Bertz CT molecular complexity index is 761. The van der Waals surface area contributed by atoms with Crippen LogP contribution in [0.5, 0.6) is 5.75 Å². The molecule has 1 heterocycles. The molecule has 0 spiro atoms. The van der Waals surface area contributed by atoms with Crippen LogP contribution in [0.3, 0.4) is 0 Å². The monoisotopic (exact) mass is 294 g/mol. The summed E-state index contributed by atoms with van der Waals surface area (Å²) in [5.41, 5.74) is 2.06. The van der Waals surface area contributed by atoms with Gasteiger partial charge in [0.25, 0.3) is 5.56 Å². The molecule has 22 heavy (non-hydrogen) atoms. The first-order valence-corrected chi connectivity index (χ1v) is 7.32. The molecule has 1 N–H and O–H groups in total. The van der Waals surface area contributed by atoms with Crippen LogP contribution in [0, 0.1) is 0 Å². The molecule has 0 bridgehead atoms. The summed E-state index contributed by atoms with van der Waals surface area (Å²) in [7, 11) is 0. The van der Waals surface area contributed by atoms with Crippen molar-refractivity contribution in [2.24, 2.45) is 0 Å². The van der Waals surface area contributed by atoms with Crippen LogP contribution in [0.2, 0.25) is 0 Å². The maximum absolute atomic E-state index is 11.9. The van der Waals surface area contributed by atoms with Gasteiger partial charge in [-0.05, 0) is 17.7 Å². The lowest BCUT2D eigenvalue weighted by atomic mass is 10.1. The molecular formula is C18H18N2O2. The van der Waals surface area contributed by atoms with Gasteiger partial charge >= 0.3 is 0 Å². The summed E-state index contributed by atoms with van der Waals surface area (Å²) in [5.74, 6) is 0.812. The van der Waals surface area contributed by atoms with Crippen molar-refractivity contribution in [2.75, 3.05) is 6.61 Å². The first-order valence-electron chi connectivity index (χ1n) is 7.32. The third kappa shape index (κ3) is 3.67. The van der Waals surface area contributed by atoms with Crippen LogP contribution in [0.1, 0.15) is 11.3 Å². The van der Waals surface area contributed by atoms with Gasteiger partial charge in [0.05, 0.1) is 6.54 Å². The second-order valence-corrected chi connectivity index (χ2v) is 5.10. The van der Waals surface area contributed by atoms with Gasteiger partial charge in [-0.2, -0.15) is 0 Å². The molecule has 0 saturated heterocycles. The summed E-state index contributed by atoms with van der Waals surface area (Å²) in [4.78, 5) is 11.9. The van der Waals surface area contributed by atoms with Gasteiger partial charge in [0.15, 0.2) is 0 Å². The van der Waals surface area contributed by atoms with Gasteiger partial charge in [0, 0.05) is 18.2 Å². The van der Waals surface area contributed by atoms with Crippen LogP contribution in [0.15, 0.2) is 71.5 Å². The van der Waals surface area contributed by atoms with E-state index in [0.717, 1.165) is 17.9 Å². The maximum atomic E-state index is 11.9. The molecule has 0 fully saturated rings. The summed E-state index contributed by atoms with van der Waals surface area (Å²) >= 11 is 0. The van der Waals surface area contributed by atoms with E-state index in [1.165, 1.54) is 5.56 Å². The minimum absolute atomic E-state index is 0.0254. The first-order chi connectivity index (χ1) is 10.8. The molecule has 0 aliphatic heterocycles. The molecule has 0 aliphatic carbocycles. The Balaban J connectivity index is 1.59. The second-order valence-electron chi connectivity index (χ2n) is 5.10. The van der Waals surface area contributed by atoms with Crippen molar-refractivity contribution in [2.45, 2.75) is 13.0 Å². The van der Waals surface area contributed by atoms with Crippen LogP contribution in [-0.4, -0.2) is 16.4 Å². The fourth-order valence-corrected chi connectivity index (χ4v) is 2.33. The number of nitrogens with one attached hydrogen (secondary N) is 1. The van der Waals surface area contributed by atoms with Crippen LogP contribution >= 0.6 is 0 Å². The molecule has 0 amide bonds. The molecule has 3 aromatic rings. The van der Waals surface area contributed by atoms with Crippen molar-refractivity contribution in [3.05, 3.63) is 88.3 Å². The molecule has 0 saturated carbocycles. The van der Waals surface area contributed by atoms with E-state index < -0.39 is 0 Å². The Morgan fingerprint density at radius 3 is 2.36 bits per heavy atom. The van der Waals surface area contributed by atoms with E-state index in [-0.39, 0.29) is 5.56 Å². The van der Waals surface area contributed by atoms with E-state index in [0.29, 0.717) is 13.2 Å². The summed E-state index contributed by atoms with van der Waals surface area (Å²) in [5, 5.41) is 3.14. The fourth-order valence-electron chi connectivity index (χ4n) is 2.33. The minimum Gasteiger partial charge on any atom is -0.492 e. The molecule has 4 heteroatoms. The van der Waals surface area contributed by atoms with E-state index in [9.17, 15) is 4.79 Å². The molecule has 0 aliphatic rings. The highest BCUT2D eigenvalue weighted by Gasteiger charge is 2.04. The third-order valence-electron chi connectivity index (χ3n) is 3.41. The average Bonchev–Trinajstić information content (AvgIpc) is 2.89. The number of hydrogen-bond acceptors (Lipinski definition) is 2. The number of rotatable bonds is 6. The highest BCUT2D eigenvalue weighted by Crippen LogP contribution is 2.08. The van der Waals surface area contributed by atoms with Gasteiger partial charge in [-0.15, -0.1) is 0 Å². The SMILES string of the molecule is O=c1cc(Cc2ccccc2)[nH]n1CCOc1ccccc1. The van der Waals surface area contributed by atoms with E-state index in [1.807, 2.05) is 60.7 Å². The molecular weight excluding hydrogens is 276 g/mol. The Morgan fingerprint density at radius 1 is 0.955 bits per heavy atom. The second kappa shape index (κ2) is 6.80. The van der Waals surface area contributed by atoms with Gasteiger partial charge in [0.2, 0.25) is 0 Å². The minimum atomic E-state index is -0.0254. The number of aromatic nitrogens is 2. The number of para-hydroxylation sites is 1. The Labute approximate surface area is 129 Å².